The molecule has 0 saturated heterocycles. The second-order valence-electron chi connectivity index (χ2n) is 21.2. The summed E-state index contributed by atoms with van der Waals surface area (Å²) in [6.45, 7) is 7.75. The molecule has 0 aliphatic carbocycles. The molecule has 0 saturated carbocycles. The number of nitrogens with two attached hydrogens (primary N) is 4. The third-order valence-electron chi connectivity index (χ3n) is 14.4. The molecular formula is C74H75N13O11. The van der Waals surface area contributed by atoms with Gasteiger partial charge in [0.15, 0.2) is 23.1 Å². The van der Waals surface area contributed by atoms with Crippen LogP contribution in [0.5, 0.6) is 0 Å². The highest BCUT2D eigenvalue weighted by Crippen LogP contribution is 2.26. The predicted octanol–water partition coefficient (Wildman–Crippen LogP) is 10.5. The maximum atomic E-state index is 12.6. The lowest BCUT2D eigenvalue weighted by Gasteiger charge is -2.11. The Morgan fingerprint density at radius 2 is 0.867 bits per heavy atom. The van der Waals surface area contributed by atoms with E-state index in [2.05, 4.69) is 41.6 Å². The van der Waals surface area contributed by atoms with Gasteiger partial charge in [-0.2, -0.15) is 15.5 Å². The molecule has 2 heterocycles. The normalized spacial score (nSPS) is 10.4. The molecule has 10 rings (SSSR count). The fourth-order valence-corrected chi connectivity index (χ4v) is 8.98. The van der Waals surface area contributed by atoms with E-state index in [1.54, 1.807) is 133 Å². The third kappa shape index (κ3) is 20.5. The topological polar surface area (TPSA) is 368 Å². The first-order valence-electron chi connectivity index (χ1n) is 29.9. The summed E-state index contributed by atoms with van der Waals surface area (Å²) < 4.78 is 12.4. The number of nitrogens with zero attached hydrogens (tertiary/aromatic N) is 5. The second-order valence-corrected chi connectivity index (χ2v) is 21.2. The van der Waals surface area contributed by atoms with E-state index in [0.717, 1.165) is 33.6 Å². The van der Waals surface area contributed by atoms with Crippen molar-refractivity contribution in [1.29, 1.82) is 5.26 Å². The summed E-state index contributed by atoms with van der Waals surface area (Å²) >= 11 is 0. The summed E-state index contributed by atoms with van der Waals surface area (Å²) in [5, 5.41) is 20.5. The number of para-hydroxylation sites is 1. The molecule has 0 spiro atoms. The molecule has 8 aromatic carbocycles. The molecule has 0 atom stereocenters. The first kappa shape index (κ1) is 74.5. The van der Waals surface area contributed by atoms with Gasteiger partial charge in [0, 0.05) is 70.7 Å². The summed E-state index contributed by atoms with van der Waals surface area (Å²) in [6, 6.07) is 58.5. The Kier molecular flexibility index (Phi) is 28.5. The van der Waals surface area contributed by atoms with Crippen LogP contribution in [-0.4, -0.2) is 102 Å². The van der Waals surface area contributed by atoms with Gasteiger partial charge >= 0.3 is 0 Å². The fourth-order valence-electron chi connectivity index (χ4n) is 8.98. The van der Waals surface area contributed by atoms with Gasteiger partial charge in [-0.15, -0.1) is 0 Å². The minimum atomic E-state index is -0.389. The van der Waals surface area contributed by atoms with Crippen LogP contribution in [0.1, 0.15) is 106 Å². The monoisotopic (exact) mass is 1320 g/mol. The van der Waals surface area contributed by atoms with E-state index in [9.17, 15) is 33.6 Å². The Balaban J connectivity index is 0.000000199. The average molecular weight is 1320 g/mol. The van der Waals surface area contributed by atoms with Gasteiger partial charge in [0.05, 0.1) is 54.8 Å². The molecule has 0 bridgehead atoms. The number of ether oxygens (including phenoxy) is 2. The number of anilines is 5. The van der Waals surface area contributed by atoms with Gasteiger partial charge in [-0.1, -0.05) is 146 Å². The number of carbonyl (C=O) groups excluding carboxylic acids is 7. The van der Waals surface area contributed by atoms with Crippen LogP contribution in [0.4, 0.5) is 28.7 Å². The van der Waals surface area contributed by atoms with Crippen LogP contribution in [0, 0.1) is 39.0 Å². The van der Waals surface area contributed by atoms with Crippen molar-refractivity contribution < 1.29 is 52.7 Å². The predicted molar refractivity (Wildman–Crippen MR) is 376 cm³/mol. The molecule has 24 heteroatoms. The van der Waals surface area contributed by atoms with Crippen molar-refractivity contribution in [3.8, 4) is 17.4 Å². The van der Waals surface area contributed by atoms with Gasteiger partial charge < -0.3 is 37.4 Å². The van der Waals surface area contributed by atoms with E-state index < -0.39 is 0 Å². The summed E-state index contributed by atoms with van der Waals surface area (Å²) in [5.41, 5.74) is 36.5. The standard InChI is InChI=1S/2C19H18N4O3.C16H12N2O.C10H14N2O2.C10H13NO2/c2*1-12-8-9-14(19(25)22-26-2)10-16(12)23-18(20)15(11-21-23)17(24)13-6-4-3-5-7-13;17-11-14(12-18-15-9-5-2-6-10-15)16(19)13-7-3-1-4-8-13;1-7-3-4-8(5-9(7)12-11)10(13)6-14-2;1-7-3-4-8(5-9(7)11)10(12)6-13-2/h2*3-11H,20H2,1-2H3,(H,22,25);1-10,12,18H;3-5,12H,6,11H2,1-2H3;3-5H,6,11H2,1-2H3/b;;14-12-;;. The molecule has 0 aliphatic rings. The van der Waals surface area contributed by atoms with E-state index in [4.69, 9.17) is 37.8 Å². The number of Topliss-reactive ketones (excluding diaryl/α,β-unsaturated/α-hetero) is 3. The number of aromatic nitrogens is 4. The minimum Gasteiger partial charge on any atom is -0.398 e. The summed E-state index contributed by atoms with van der Waals surface area (Å²) in [5.74, 6) is 4.15. The number of allylic oxidation sites excluding steroid dienone is 1. The number of ketones is 5. The Hall–Kier alpha value is -12.5. The van der Waals surface area contributed by atoms with E-state index in [1.807, 2.05) is 94.4 Å². The highest BCUT2D eigenvalue weighted by molar-refractivity contribution is 6.13. The van der Waals surface area contributed by atoms with Gasteiger partial charge in [-0.05, 0) is 98.5 Å². The Morgan fingerprint density at radius 3 is 1.27 bits per heavy atom. The first-order chi connectivity index (χ1) is 47.2. The lowest BCUT2D eigenvalue weighted by atomic mass is 10.1. The number of aryl methyl sites for hydroxylation is 4. The number of nitrogens with one attached hydrogen (secondary N) is 4. The number of hydrogen-bond donors (Lipinski definition) is 8. The van der Waals surface area contributed by atoms with Gasteiger partial charge in [-0.3, -0.25) is 49.1 Å². The fraction of sp³-hybridized carbons (Fsp3) is 0.135. The largest absolute Gasteiger partial charge is 0.398 e. The van der Waals surface area contributed by atoms with Crippen LogP contribution in [0.15, 0.2) is 218 Å². The van der Waals surface area contributed by atoms with Crippen molar-refractivity contribution in [2.75, 3.05) is 69.6 Å². The number of hydroxylamine groups is 2. The molecule has 0 unspecified atom stereocenters. The molecule has 0 aliphatic heterocycles. The highest BCUT2D eigenvalue weighted by atomic mass is 16.6. The van der Waals surface area contributed by atoms with Crippen LogP contribution in [0.2, 0.25) is 0 Å². The Morgan fingerprint density at radius 1 is 0.480 bits per heavy atom. The van der Waals surface area contributed by atoms with Crippen molar-refractivity contribution in [3.05, 3.63) is 291 Å². The SMILES string of the molecule is COCC(=O)c1ccc(C)c(N)c1.COCC(=O)c1ccc(C)c(NN)c1.CONC(=O)c1ccc(C)c(-n2ncc(C(=O)c3ccccc3)c2N)c1.CONC(=O)c1ccc(C)c(-n2ncc(C(=O)c3ccccc3)c2N)c1.N#C/C(=C/Nc1ccccc1)C(=O)c1ccccc1. The molecule has 0 radical (unpaired) electrons. The highest BCUT2D eigenvalue weighted by Gasteiger charge is 2.22. The molecule has 0 fully saturated rings. The lowest BCUT2D eigenvalue weighted by molar-refractivity contribution is 0.0533. The zero-order valence-electron chi connectivity index (χ0n) is 55.2. The zero-order chi connectivity index (χ0) is 71.3. The van der Waals surface area contributed by atoms with Crippen LogP contribution < -0.4 is 44.7 Å². The third-order valence-corrected chi connectivity index (χ3v) is 14.4. The summed E-state index contributed by atoms with van der Waals surface area (Å²) in [6.07, 6.45) is 4.31. The molecule has 10 aromatic rings. The first-order valence-corrected chi connectivity index (χ1v) is 29.9. The van der Waals surface area contributed by atoms with Crippen LogP contribution in [0.25, 0.3) is 11.4 Å². The van der Waals surface area contributed by atoms with Crippen molar-refractivity contribution >= 4 is 69.4 Å². The van der Waals surface area contributed by atoms with Crippen LogP contribution in [-0.2, 0) is 19.1 Å². The number of nitriles is 1. The molecular weight excluding hydrogens is 1250 g/mol. The van der Waals surface area contributed by atoms with E-state index >= 15 is 0 Å². The van der Waals surface area contributed by atoms with Crippen molar-refractivity contribution in [3.63, 3.8) is 0 Å². The number of hydrogen-bond acceptors (Lipinski definition) is 20. The number of nitrogen functional groups attached to an aromatic ring is 4. The van der Waals surface area contributed by atoms with Gasteiger partial charge in [0.25, 0.3) is 11.8 Å². The number of methoxy groups -OCH3 is 2. The zero-order valence-corrected chi connectivity index (χ0v) is 55.2. The van der Waals surface area contributed by atoms with Gasteiger partial charge in [-0.25, -0.2) is 20.3 Å². The van der Waals surface area contributed by atoms with Gasteiger partial charge in [0.2, 0.25) is 5.78 Å². The smallest absolute Gasteiger partial charge is 0.274 e. The molecule has 502 valence electrons. The second kappa shape index (κ2) is 37.4. The molecule has 2 aromatic heterocycles. The average Bonchev–Trinajstić information content (AvgIpc) is 1.60. The maximum Gasteiger partial charge on any atom is 0.274 e. The molecule has 98 heavy (non-hydrogen) atoms. The molecule has 12 N–H and O–H groups in total. The van der Waals surface area contributed by atoms with E-state index in [-0.39, 0.29) is 71.2 Å². The number of hydrazine groups is 1. The number of amides is 2. The van der Waals surface area contributed by atoms with Crippen LogP contribution >= 0.6 is 0 Å². The van der Waals surface area contributed by atoms with E-state index in [0.29, 0.717) is 67.1 Å². The maximum absolute atomic E-state index is 12.6. The quantitative estimate of drug-likeness (QED) is 0.00827. The lowest BCUT2D eigenvalue weighted by Crippen LogP contribution is -2.22. The summed E-state index contributed by atoms with van der Waals surface area (Å²) in [7, 11) is 5.71. The number of benzene rings is 8. The Bertz CT molecular complexity index is 4320. The van der Waals surface area contributed by atoms with Crippen molar-refractivity contribution in [2.24, 2.45) is 5.84 Å². The number of rotatable bonds is 21. The molecule has 2 amide bonds. The number of carbonyl (C=O) groups is 7. The van der Waals surface area contributed by atoms with E-state index in [1.165, 1.54) is 56.4 Å². The summed E-state index contributed by atoms with van der Waals surface area (Å²) in [4.78, 5) is 93.4. The molecule has 24 nitrogen and oxygen atoms in total. The van der Waals surface area contributed by atoms with Crippen LogP contribution in [0.3, 0.4) is 0 Å². The Labute approximate surface area is 566 Å². The minimum absolute atomic E-state index is 0.0470. The van der Waals surface area contributed by atoms with Gasteiger partial charge in [0.1, 0.15) is 36.5 Å². The van der Waals surface area contributed by atoms with Crippen molar-refractivity contribution in [2.45, 2.75) is 27.7 Å². The van der Waals surface area contributed by atoms with Crippen molar-refractivity contribution in [1.82, 2.24) is 30.5 Å².